The van der Waals surface area contributed by atoms with Gasteiger partial charge in [0.1, 0.15) is 0 Å². The monoisotopic (exact) mass is 557 g/mol. The van der Waals surface area contributed by atoms with E-state index in [0.29, 0.717) is 23.7 Å². The lowest BCUT2D eigenvalue weighted by molar-refractivity contribution is 0.445. The minimum Gasteiger partial charge on any atom is -0.255 e. The molecule has 0 aliphatic heterocycles. The Morgan fingerprint density at radius 1 is 0.829 bits per heavy atom. The van der Waals surface area contributed by atoms with Crippen molar-refractivity contribution in [1.82, 2.24) is 4.98 Å². The minimum absolute atomic E-state index is 0.453. The van der Waals surface area contributed by atoms with Crippen LogP contribution in [0, 0.1) is 19.1 Å². The van der Waals surface area contributed by atoms with Gasteiger partial charge in [-0.25, -0.2) is 0 Å². The van der Waals surface area contributed by atoms with E-state index in [9.17, 15) is 0 Å². The zero-order valence-electron chi connectivity index (χ0n) is 25.8. The molecule has 0 saturated heterocycles. The van der Waals surface area contributed by atoms with Crippen LogP contribution in [-0.2, 0) is 0 Å². The highest BCUT2D eigenvalue weighted by Crippen LogP contribution is 2.48. The van der Waals surface area contributed by atoms with Crippen LogP contribution in [0.3, 0.4) is 0 Å². The molecule has 210 valence electrons. The van der Waals surface area contributed by atoms with Crippen LogP contribution in [0.25, 0.3) is 42.6 Å². The first-order chi connectivity index (χ1) is 19.7. The summed E-state index contributed by atoms with van der Waals surface area (Å²) in [6.45, 7) is 16.3. The third-order valence-corrected chi connectivity index (χ3v) is 10.6. The van der Waals surface area contributed by atoms with Crippen molar-refractivity contribution < 1.29 is 0 Å². The van der Waals surface area contributed by atoms with E-state index in [2.05, 4.69) is 97.0 Å². The Balaban J connectivity index is 1.59. The van der Waals surface area contributed by atoms with Crippen LogP contribution in [0.5, 0.6) is 0 Å². The number of nitrogens with zero attached hydrogens (tertiary/aromatic N) is 1. The Labute approximate surface area is 251 Å². The van der Waals surface area contributed by atoms with Gasteiger partial charge in [-0.15, -0.1) is 11.3 Å². The van der Waals surface area contributed by atoms with Crippen molar-refractivity contribution in [3.05, 3.63) is 88.6 Å². The van der Waals surface area contributed by atoms with E-state index in [1.807, 2.05) is 23.6 Å². The van der Waals surface area contributed by atoms with Crippen LogP contribution in [0.15, 0.2) is 48.7 Å². The van der Waals surface area contributed by atoms with Gasteiger partial charge in [0.25, 0.3) is 0 Å². The molecule has 2 aromatic heterocycles. The van der Waals surface area contributed by atoms with Gasteiger partial charge < -0.3 is 0 Å². The van der Waals surface area contributed by atoms with Gasteiger partial charge in [-0.2, -0.15) is 0 Å². The SMILES string of the molecule is Cc1c(-c2c(C(C)C)cc(C(C)C)cc2C(C)C)sc2c(-c3cc(C4CCCCC4)c4ccc#cc4c3)nccc12. The summed E-state index contributed by atoms with van der Waals surface area (Å²) in [6.07, 6.45) is 8.58. The first-order valence-corrected chi connectivity index (χ1v) is 16.5. The van der Waals surface area contributed by atoms with Crippen LogP contribution in [0.1, 0.15) is 125 Å². The molecule has 1 aliphatic carbocycles. The van der Waals surface area contributed by atoms with E-state index in [1.54, 1.807) is 0 Å². The Morgan fingerprint density at radius 3 is 2.20 bits per heavy atom. The van der Waals surface area contributed by atoms with Gasteiger partial charge in [0.05, 0.1) is 10.4 Å². The normalized spacial score (nSPS) is 14.6. The lowest BCUT2D eigenvalue weighted by Gasteiger charge is -2.24. The molecule has 0 spiro atoms. The second kappa shape index (κ2) is 11.3. The molecule has 3 aromatic carbocycles. The standard InChI is InChI=1S/C39H43NS/c1-23(2)29-20-33(24(3)4)36(34(21-29)25(5)6)38-26(7)31-17-18-40-37(39(31)41-38)30-19-28-15-11-12-16-32(28)35(22-30)27-13-9-8-10-14-27/h12,16-25,27H,8-10,13-14H2,1-7H3. The molecule has 1 aliphatic rings. The molecule has 5 aromatic rings. The number of fused-ring (bicyclic) bond motifs is 2. The van der Waals surface area contributed by atoms with Crippen molar-refractivity contribution in [3.63, 3.8) is 0 Å². The summed E-state index contributed by atoms with van der Waals surface area (Å²) in [6, 6.07) is 22.8. The van der Waals surface area contributed by atoms with Crippen LogP contribution in [-0.4, -0.2) is 4.98 Å². The maximum atomic E-state index is 5.06. The lowest BCUT2D eigenvalue weighted by Crippen LogP contribution is -2.05. The summed E-state index contributed by atoms with van der Waals surface area (Å²) >= 11 is 1.94. The van der Waals surface area contributed by atoms with Gasteiger partial charge in [-0.1, -0.05) is 85.1 Å². The van der Waals surface area contributed by atoms with Gasteiger partial charge in [0, 0.05) is 22.0 Å². The molecule has 0 unspecified atom stereocenters. The molecule has 0 radical (unpaired) electrons. The van der Waals surface area contributed by atoms with Crippen LogP contribution in [0.2, 0.25) is 0 Å². The lowest BCUT2D eigenvalue weighted by atomic mass is 9.81. The van der Waals surface area contributed by atoms with Crippen LogP contribution < -0.4 is 0 Å². The number of rotatable bonds is 6. The van der Waals surface area contributed by atoms with Crippen molar-refractivity contribution in [3.8, 4) is 21.7 Å². The number of hydrogen-bond donors (Lipinski definition) is 0. The third kappa shape index (κ3) is 5.08. The first-order valence-electron chi connectivity index (χ1n) is 15.7. The molecule has 41 heavy (non-hydrogen) atoms. The first kappa shape index (κ1) is 28.0. The second-order valence-corrected chi connectivity index (χ2v) is 14.1. The maximum Gasteiger partial charge on any atom is 0.0880 e. The van der Waals surface area contributed by atoms with Gasteiger partial charge in [-0.05, 0) is 118 Å². The Kier molecular flexibility index (Phi) is 7.69. The largest absolute Gasteiger partial charge is 0.255 e. The molecule has 0 atom stereocenters. The predicted octanol–water partition coefficient (Wildman–Crippen LogP) is 12.1. The van der Waals surface area contributed by atoms with E-state index >= 15 is 0 Å². The Morgan fingerprint density at radius 2 is 1.54 bits per heavy atom. The van der Waals surface area contributed by atoms with E-state index < -0.39 is 0 Å². The zero-order valence-corrected chi connectivity index (χ0v) is 26.6. The molecule has 0 N–H and O–H groups in total. The quantitative estimate of drug-likeness (QED) is 0.202. The average molecular weight is 558 g/mol. The van der Waals surface area contributed by atoms with Gasteiger partial charge in [0.2, 0.25) is 0 Å². The number of hydrogen-bond acceptors (Lipinski definition) is 2. The number of aryl methyl sites for hydroxylation is 1. The Bertz CT molecular complexity index is 1680. The molecule has 0 amide bonds. The smallest absolute Gasteiger partial charge is 0.0880 e. The Hall–Kier alpha value is -3.15. The van der Waals surface area contributed by atoms with E-state index in [4.69, 9.17) is 4.98 Å². The molecule has 0 bridgehead atoms. The molecule has 1 saturated carbocycles. The maximum absolute atomic E-state index is 5.06. The van der Waals surface area contributed by atoms with Crippen molar-refractivity contribution in [1.29, 1.82) is 0 Å². The van der Waals surface area contributed by atoms with Crippen molar-refractivity contribution >= 4 is 32.2 Å². The molecule has 6 rings (SSSR count). The molecule has 1 nitrogen and oxygen atoms in total. The highest BCUT2D eigenvalue weighted by molar-refractivity contribution is 7.23. The highest BCUT2D eigenvalue weighted by Gasteiger charge is 2.24. The fraction of sp³-hybridized carbons (Fsp3) is 0.410. The van der Waals surface area contributed by atoms with E-state index in [1.165, 1.54) is 91.4 Å². The number of aromatic nitrogens is 1. The predicted molar refractivity (Wildman–Crippen MR) is 178 cm³/mol. The van der Waals surface area contributed by atoms with E-state index in [-0.39, 0.29) is 0 Å². The fourth-order valence-corrected chi connectivity index (χ4v) is 8.31. The van der Waals surface area contributed by atoms with E-state index in [0.717, 1.165) is 11.1 Å². The fourth-order valence-electron chi connectivity index (χ4n) is 6.91. The molecular weight excluding hydrogens is 515 g/mol. The van der Waals surface area contributed by atoms with Crippen molar-refractivity contribution in [2.24, 2.45) is 0 Å². The molecular formula is C39H43NS. The van der Waals surface area contributed by atoms with Crippen molar-refractivity contribution in [2.75, 3.05) is 0 Å². The van der Waals surface area contributed by atoms with Gasteiger partial charge in [-0.3, -0.25) is 4.98 Å². The minimum atomic E-state index is 0.453. The summed E-state index contributed by atoms with van der Waals surface area (Å²) < 4.78 is 1.30. The summed E-state index contributed by atoms with van der Waals surface area (Å²) in [4.78, 5) is 6.46. The number of benzene rings is 2. The summed E-state index contributed by atoms with van der Waals surface area (Å²) in [7, 11) is 0. The second-order valence-electron chi connectivity index (χ2n) is 13.1. The third-order valence-electron chi connectivity index (χ3n) is 9.28. The van der Waals surface area contributed by atoms with Crippen LogP contribution >= 0.6 is 11.3 Å². The molecule has 2 heteroatoms. The number of pyridine rings is 1. The zero-order chi connectivity index (χ0) is 28.8. The topological polar surface area (TPSA) is 12.9 Å². The summed E-state index contributed by atoms with van der Waals surface area (Å²) in [5, 5.41) is 3.82. The summed E-state index contributed by atoms with van der Waals surface area (Å²) in [5.41, 5.74) is 11.0. The van der Waals surface area contributed by atoms with Crippen molar-refractivity contribution in [2.45, 2.75) is 104 Å². The molecule has 2 heterocycles. The van der Waals surface area contributed by atoms with Gasteiger partial charge in [0.15, 0.2) is 0 Å². The highest BCUT2D eigenvalue weighted by atomic mass is 32.1. The number of thiophene rings is 1. The average Bonchev–Trinajstić information content (AvgIpc) is 3.32. The van der Waals surface area contributed by atoms with Gasteiger partial charge >= 0.3 is 0 Å². The molecule has 1 fully saturated rings. The summed E-state index contributed by atoms with van der Waals surface area (Å²) in [5.74, 6) is 2.03. The van der Waals surface area contributed by atoms with Crippen LogP contribution in [0.4, 0.5) is 0 Å².